The summed E-state index contributed by atoms with van der Waals surface area (Å²) in [4.78, 5) is 7.00. The number of rotatable bonds is 4. The number of H-pyrrole nitrogens is 1. The molecule has 0 radical (unpaired) electrons. The van der Waals surface area contributed by atoms with Crippen LogP contribution in [0.1, 0.15) is 16.8 Å². The highest BCUT2D eigenvalue weighted by molar-refractivity contribution is 6.31. The van der Waals surface area contributed by atoms with Gasteiger partial charge in [0.15, 0.2) is 0 Å². The van der Waals surface area contributed by atoms with Gasteiger partial charge in [0, 0.05) is 30.0 Å². The second kappa shape index (κ2) is 5.14. The molecule has 2 aromatic rings. The monoisotopic (exact) mass is 235 g/mol. The predicted molar refractivity (Wildman–Crippen MR) is 65.3 cm³/mol. The zero-order valence-electron chi connectivity index (χ0n) is 9.13. The largest absolute Gasteiger partial charge is 0.347 e. The van der Waals surface area contributed by atoms with Crippen LogP contribution in [0.3, 0.4) is 0 Å². The topological polar surface area (TPSA) is 40.7 Å². The van der Waals surface area contributed by atoms with Crippen LogP contribution in [-0.2, 0) is 13.1 Å². The molecule has 84 valence electrons. The fourth-order valence-electron chi connectivity index (χ4n) is 1.47. The van der Waals surface area contributed by atoms with E-state index in [0.29, 0.717) is 0 Å². The van der Waals surface area contributed by atoms with Crippen LogP contribution in [0.4, 0.5) is 0 Å². The molecular weight excluding hydrogens is 222 g/mol. The first kappa shape index (κ1) is 11.2. The molecule has 0 aliphatic heterocycles. The van der Waals surface area contributed by atoms with Crippen molar-refractivity contribution in [1.82, 2.24) is 15.3 Å². The average Bonchev–Trinajstić information content (AvgIpc) is 2.76. The second-order valence-electron chi connectivity index (χ2n) is 3.76. The zero-order valence-corrected chi connectivity index (χ0v) is 9.88. The van der Waals surface area contributed by atoms with E-state index in [0.717, 1.165) is 29.4 Å². The molecule has 0 saturated carbocycles. The number of aryl methyl sites for hydroxylation is 1. The Hall–Kier alpha value is -1.32. The minimum absolute atomic E-state index is 0.783. The first-order valence-electron chi connectivity index (χ1n) is 5.18. The Balaban J connectivity index is 1.87. The van der Waals surface area contributed by atoms with Crippen molar-refractivity contribution in [2.75, 3.05) is 0 Å². The Morgan fingerprint density at radius 2 is 2.25 bits per heavy atom. The van der Waals surface area contributed by atoms with Crippen LogP contribution in [0.5, 0.6) is 0 Å². The summed E-state index contributed by atoms with van der Waals surface area (Å²) in [6, 6.07) is 6.12. The normalized spacial score (nSPS) is 10.6. The van der Waals surface area contributed by atoms with Crippen LogP contribution in [0, 0.1) is 6.92 Å². The summed E-state index contributed by atoms with van der Waals surface area (Å²) in [5.41, 5.74) is 3.38. The summed E-state index contributed by atoms with van der Waals surface area (Å²) in [5, 5.41) is 4.14. The SMILES string of the molecule is Cc1ccc(CNCc2cnc[nH]2)cc1Cl. The quantitative estimate of drug-likeness (QED) is 0.856. The fraction of sp³-hybridized carbons (Fsp3) is 0.250. The molecule has 1 aromatic carbocycles. The summed E-state index contributed by atoms with van der Waals surface area (Å²) in [7, 11) is 0. The summed E-state index contributed by atoms with van der Waals surface area (Å²) >= 11 is 6.05. The molecule has 16 heavy (non-hydrogen) atoms. The van der Waals surface area contributed by atoms with Gasteiger partial charge in [-0.3, -0.25) is 0 Å². The highest BCUT2D eigenvalue weighted by Gasteiger charge is 1.98. The molecule has 2 N–H and O–H groups in total. The van der Waals surface area contributed by atoms with Crippen LogP contribution in [-0.4, -0.2) is 9.97 Å². The molecular formula is C12H14ClN3. The lowest BCUT2D eigenvalue weighted by Crippen LogP contribution is -2.12. The molecule has 0 aliphatic carbocycles. The van der Waals surface area contributed by atoms with Gasteiger partial charge < -0.3 is 10.3 Å². The van der Waals surface area contributed by atoms with Gasteiger partial charge >= 0.3 is 0 Å². The van der Waals surface area contributed by atoms with Crippen LogP contribution in [0.25, 0.3) is 0 Å². The molecule has 4 heteroatoms. The van der Waals surface area contributed by atoms with E-state index >= 15 is 0 Å². The molecule has 1 heterocycles. The highest BCUT2D eigenvalue weighted by atomic mass is 35.5. The fourth-order valence-corrected chi connectivity index (χ4v) is 1.67. The molecule has 2 rings (SSSR count). The molecule has 0 aliphatic rings. The van der Waals surface area contributed by atoms with E-state index in [1.807, 2.05) is 25.3 Å². The predicted octanol–water partition coefficient (Wildman–Crippen LogP) is 2.66. The van der Waals surface area contributed by atoms with E-state index in [-0.39, 0.29) is 0 Å². The Kier molecular flexibility index (Phi) is 3.59. The van der Waals surface area contributed by atoms with Gasteiger partial charge in [0.25, 0.3) is 0 Å². The molecule has 1 aromatic heterocycles. The van der Waals surface area contributed by atoms with Crippen molar-refractivity contribution in [3.8, 4) is 0 Å². The van der Waals surface area contributed by atoms with Crippen molar-refractivity contribution in [1.29, 1.82) is 0 Å². The summed E-state index contributed by atoms with van der Waals surface area (Å²) in [6.07, 6.45) is 3.49. The van der Waals surface area contributed by atoms with E-state index in [2.05, 4.69) is 21.4 Å². The Bertz CT molecular complexity index is 451. The van der Waals surface area contributed by atoms with Gasteiger partial charge in [0.1, 0.15) is 0 Å². The van der Waals surface area contributed by atoms with Gasteiger partial charge in [-0.2, -0.15) is 0 Å². The number of benzene rings is 1. The van der Waals surface area contributed by atoms with E-state index in [9.17, 15) is 0 Å². The van der Waals surface area contributed by atoms with Crippen LogP contribution >= 0.6 is 11.6 Å². The maximum Gasteiger partial charge on any atom is 0.0922 e. The van der Waals surface area contributed by atoms with Crippen molar-refractivity contribution in [3.63, 3.8) is 0 Å². The minimum atomic E-state index is 0.783. The second-order valence-corrected chi connectivity index (χ2v) is 4.17. The van der Waals surface area contributed by atoms with Crippen molar-refractivity contribution < 1.29 is 0 Å². The molecule has 0 spiro atoms. The zero-order chi connectivity index (χ0) is 11.4. The smallest absolute Gasteiger partial charge is 0.0922 e. The van der Waals surface area contributed by atoms with Crippen molar-refractivity contribution >= 4 is 11.6 Å². The van der Waals surface area contributed by atoms with Crippen LogP contribution in [0.15, 0.2) is 30.7 Å². The van der Waals surface area contributed by atoms with Gasteiger partial charge in [-0.05, 0) is 24.1 Å². The van der Waals surface area contributed by atoms with Gasteiger partial charge in [0.05, 0.1) is 6.33 Å². The first-order valence-corrected chi connectivity index (χ1v) is 5.56. The average molecular weight is 236 g/mol. The number of nitrogens with one attached hydrogen (secondary N) is 2. The molecule has 0 atom stereocenters. The van der Waals surface area contributed by atoms with Gasteiger partial charge in [-0.1, -0.05) is 23.7 Å². The summed E-state index contributed by atoms with van der Waals surface area (Å²) in [6.45, 7) is 3.59. The Morgan fingerprint density at radius 3 is 2.94 bits per heavy atom. The molecule has 0 amide bonds. The summed E-state index contributed by atoms with van der Waals surface area (Å²) < 4.78 is 0. The van der Waals surface area contributed by atoms with Crippen molar-refractivity contribution in [2.45, 2.75) is 20.0 Å². The number of aromatic amines is 1. The van der Waals surface area contributed by atoms with E-state index < -0.39 is 0 Å². The number of aromatic nitrogens is 2. The molecule has 0 unspecified atom stereocenters. The van der Waals surface area contributed by atoms with Crippen molar-refractivity contribution in [2.24, 2.45) is 0 Å². The Labute approximate surface area is 99.9 Å². The number of hydrogen-bond acceptors (Lipinski definition) is 2. The number of halogens is 1. The number of imidazole rings is 1. The van der Waals surface area contributed by atoms with Crippen LogP contribution in [0.2, 0.25) is 5.02 Å². The lowest BCUT2D eigenvalue weighted by Gasteiger charge is -2.05. The van der Waals surface area contributed by atoms with Gasteiger partial charge in [-0.15, -0.1) is 0 Å². The lowest BCUT2D eigenvalue weighted by molar-refractivity contribution is 0.682. The van der Waals surface area contributed by atoms with Gasteiger partial charge in [-0.25, -0.2) is 4.98 Å². The maximum absolute atomic E-state index is 6.05. The molecule has 0 fully saturated rings. The third-order valence-corrected chi connectivity index (χ3v) is 2.84. The number of hydrogen-bond donors (Lipinski definition) is 2. The molecule has 0 bridgehead atoms. The number of nitrogens with zero attached hydrogens (tertiary/aromatic N) is 1. The Morgan fingerprint density at radius 1 is 1.38 bits per heavy atom. The van der Waals surface area contributed by atoms with E-state index in [1.54, 1.807) is 6.33 Å². The highest BCUT2D eigenvalue weighted by Crippen LogP contribution is 2.16. The maximum atomic E-state index is 6.05. The molecule has 0 saturated heterocycles. The first-order chi connectivity index (χ1) is 7.75. The lowest BCUT2D eigenvalue weighted by atomic mass is 10.1. The standard InChI is InChI=1S/C12H14ClN3/c1-9-2-3-10(4-12(9)13)5-14-6-11-7-15-8-16-11/h2-4,7-8,14H,5-6H2,1H3,(H,15,16). The molecule has 3 nitrogen and oxygen atoms in total. The minimum Gasteiger partial charge on any atom is -0.347 e. The third kappa shape index (κ3) is 2.84. The van der Waals surface area contributed by atoms with Gasteiger partial charge in [0.2, 0.25) is 0 Å². The van der Waals surface area contributed by atoms with Crippen LogP contribution < -0.4 is 5.32 Å². The van der Waals surface area contributed by atoms with E-state index in [4.69, 9.17) is 11.6 Å². The third-order valence-electron chi connectivity index (χ3n) is 2.44. The van der Waals surface area contributed by atoms with E-state index in [1.165, 1.54) is 5.56 Å². The van der Waals surface area contributed by atoms with Crippen molar-refractivity contribution in [3.05, 3.63) is 52.6 Å². The summed E-state index contributed by atoms with van der Waals surface area (Å²) in [5.74, 6) is 0.